The van der Waals surface area contributed by atoms with E-state index in [4.69, 9.17) is 4.74 Å². The van der Waals surface area contributed by atoms with Crippen molar-refractivity contribution in [2.45, 2.75) is 32.8 Å². The maximum atomic E-state index is 12.2. The quantitative estimate of drug-likeness (QED) is 0.472. The summed E-state index contributed by atoms with van der Waals surface area (Å²) in [6.45, 7) is 5.76. The minimum Gasteiger partial charge on any atom is -0.449 e. The first kappa shape index (κ1) is 19.8. The molecule has 144 valence electrons. The monoisotopic (exact) mass is 394 g/mol. The standard InChI is InChI=1S/C22H22N2O3S/c1-14(2)16-8-10-17(11-9-16)23-22(26)15(3)27-21(25)13-12-20-24-18-6-4-5-7-19(18)28-20/h4-15H,1-3H3,(H,23,26)/b13-12+/t15-/m0/s1. The van der Waals surface area contributed by atoms with Gasteiger partial charge in [0.25, 0.3) is 5.91 Å². The molecule has 0 unspecified atom stereocenters. The maximum absolute atomic E-state index is 12.2. The van der Waals surface area contributed by atoms with Crippen molar-refractivity contribution < 1.29 is 14.3 Å². The third-order valence-corrected chi connectivity index (χ3v) is 5.18. The van der Waals surface area contributed by atoms with Crippen LogP contribution in [-0.2, 0) is 14.3 Å². The number of benzene rings is 2. The van der Waals surface area contributed by atoms with Crippen LogP contribution in [0.4, 0.5) is 5.69 Å². The van der Waals surface area contributed by atoms with Crippen molar-refractivity contribution in [3.05, 3.63) is 65.2 Å². The highest BCUT2D eigenvalue weighted by Crippen LogP contribution is 2.22. The number of carbonyl (C=O) groups is 2. The van der Waals surface area contributed by atoms with Crippen molar-refractivity contribution in [1.29, 1.82) is 0 Å². The smallest absolute Gasteiger partial charge is 0.331 e. The van der Waals surface area contributed by atoms with Crippen LogP contribution in [0.3, 0.4) is 0 Å². The van der Waals surface area contributed by atoms with Gasteiger partial charge < -0.3 is 10.1 Å². The van der Waals surface area contributed by atoms with E-state index in [-0.39, 0.29) is 5.91 Å². The molecule has 0 fully saturated rings. The Morgan fingerprint density at radius 1 is 1.07 bits per heavy atom. The van der Waals surface area contributed by atoms with Crippen molar-refractivity contribution >= 4 is 45.2 Å². The normalized spacial score (nSPS) is 12.4. The van der Waals surface area contributed by atoms with E-state index in [1.54, 1.807) is 13.0 Å². The Hall–Kier alpha value is -2.99. The van der Waals surface area contributed by atoms with Gasteiger partial charge >= 0.3 is 5.97 Å². The number of hydrogen-bond donors (Lipinski definition) is 1. The van der Waals surface area contributed by atoms with Crippen molar-refractivity contribution in [1.82, 2.24) is 4.98 Å². The van der Waals surface area contributed by atoms with E-state index < -0.39 is 12.1 Å². The minimum absolute atomic E-state index is 0.376. The van der Waals surface area contributed by atoms with Gasteiger partial charge in [0, 0.05) is 11.8 Å². The van der Waals surface area contributed by atoms with Crippen LogP contribution in [0, 0.1) is 0 Å². The predicted octanol–water partition coefficient (Wildman–Crippen LogP) is 5.00. The fourth-order valence-corrected chi connectivity index (χ4v) is 3.43. The summed E-state index contributed by atoms with van der Waals surface area (Å²) in [4.78, 5) is 28.7. The van der Waals surface area contributed by atoms with Crippen LogP contribution >= 0.6 is 11.3 Å². The predicted molar refractivity (Wildman–Crippen MR) is 113 cm³/mol. The van der Waals surface area contributed by atoms with Gasteiger partial charge in [0.15, 0.2) is 6.10 Å². The molecular weight excluding hydrogens is 372 g/mol. The number of fused-ring (bicyclic) bond motifs is 1. The zero-order valence-corrected chi connectivity index (χ0v) is 16.8. The van der Waals surface area contributed by atoms with Crippen LogP contribution in [0.5, 0.6) is 0 Å². The molecule has 1 N–H and O–H groups in total. The van der Waals surface area contributed by atoms with Gasteiger partial charge in [0.1, 0.15) is 5.01 Å². The first-order valence-electron chi connectivity index (χ1n) is 9.07. The number of esters is 1. The summed E-state index contributed by atoms with van der Waals surface area (Å²) in [6, 6.07) is 15.4. The molecule has 2 aromatic carbocycles. The van der Waals surface area contributed by atoms with Gasteiger partial charge in [-0.05, 0) is 48.7 Å². The number of amides is 1. The zero-order chi connectivity index (χ0) is 20.1. The number of hydrogen-bond acceptors (Lipinski definition) is 5. The highest BCUT2D eigenvalue weighted by atomic mass is 32.1. The van der Waals surface area contributed by atoms with E-state index in [0.29, 0.717) is 16.6 Å². The average molecular weight is 394 g/mol. The van der Waals surface area contributed by atoms with Gasteiger partial charge in [0.2, 0.25) is 0 Å². The van der Waals surface area contributed by atoms with Crippen molar-refractivity contribution in [3.63, 3.8) is 0 Å². The van der Waals surface area contributed by atoms with Crippen LogP contribution in [-0.4, -0.2) is 23.0 Å². The number of nitrogens with zero attached hydrogens (tertiary/aromatic N) is 1. The van der Waals surface area contributed by atoms with Crippen molar-refractivity contribution in [2.75, 3.05) is 5.32 Å². The van der Waals surface area contributed by atoms with Crippen LogP contribution < -0.4 is 5.32 Å². The lowest BCUT2D eigenvalue weighted by Gasteiger charge is -2.13. The minimum atomic E-state index is -0.905. The molecule has 1 aromatic heterocycles. The molecule has 1 heterocycles. The summed E-state index contributed by atoms with van der Waals surface area (Å²) in [5.74, 6) is -0.539. The third-order valence-electron chi connectivity index (χ3n) is 4.18. The molecule has 28 heavy (non-hydrogen) atoms. The Balaban J connectivity index is 1.54. The number of thiazole rings is 1. The van der Waals surface area contributed by atoms with Crippen molar-refractivity contribution in [2.24, 2.45) is 0 Å². The van der Waals surface area contributed by atoms with E-state index in [2.05, 4.69) is 24.1 Å². The molecule has 3 rings (SSSR count). The molecule has 5 nitrogen and oxygen atoms in total. The summed E-state index contributed by atoms with van der Waals surface area (Å²) in [5.41, 5.74) is 2.75. The fourth-order valence-electron chi connectivity index (χ4n) is 2.56. The summed E-state index contributed by atoms with van der Waals surface area (Å²) in [6.07, 6.45) is 1.98. The molecule has 0 spiro atoms. The molecule has 3 aromatic rings. The Bertz CT molecular complexity index is 973. The largest absolute Gasteiger partial charge is 0.449 e. The molecular formula is C22H22N2O3S. The summed E-state index contributed by atoms with van der Waals surface area (Å²) >= 11 is 1.48. The number of carbonyl (C=O) groups excluding carboxylic acids is 2. The number of aromatic nitrogens is 1. The molecule has 0 saturated heterocycles. The summed E-state index contributed by atoms with van der Waals surface area (Å²) < 4.78 is 6.23. The maximum Gasteiger partial charge on any atom is 0.331 e. The lowest BCUT2D eigenvalue weighted by Crippen LogP contribution is -2.29. The lowest BCUT2D eigenvalue weighted by atomic mass is 10.0. The molecule has 0 bridgehead atoms. The van der Waals surface area contributed by atoms with Gasteiger partial charge in [-0.2, -0.15) is 0 Å². The van der Waals surface area contributed by atoms with Crippen molar-refractivity contribution in [3.8, 4) is 0 Å². The molecule has 1 atom stereocenters. The van der Waals surface area contributed by atoms with Crippen LogP contribution in [0.2, 0.25) is 0 Å². The molecule has 0 aliphatic rings. The SMILES string of the molecule is CC(C)c1ccc(NC(=O)[C@H](C)OC(=O)/C=C/c2nc3ccccc3s2)cc1. The van der Waals surface area contributed by atoms with Gasteiger partial charge in [0.05, 0.1) is 10.2 Å². The second-order valence-electron chi connectivity index (χ2n) is 6.70. The van der Waals surface area contributed by atoms with E-state index >= 15 is 0 Å². The Kier molecular flexibility index (Phi) is 6.21. The van der Waals surface area contributed by atoms with Gasteiger partial charge in [-0.3, -0.25) is 4.79 Å². The number of anilines is 1. The Labute approximate surface area is 168 Å². The average Bonchev–Trinajstić information content (AvgIpc) is 3.09. The van der Waals surface area contributed by atoms with E-state index in [9.17, 15) is 9.59 Å². The van der Waals surface area contributed by atoms with Gasteiger partial charge in [-0.1, -0.05) is 38.1 Å². The molecule has 0 saturated carbocycles. The van der Waals surface area contributed by atoms with E-state index in [1.165, 1.54) is 23.0 Å². The molecule has 0 aliphatic heterocycles. The second-order valence-corrected chi connectivity index (χ2v) is 7.76. The third kappa shape index (κ3) is 5.04. The second kappa shape index (κ2) is 8.80. The van der Waals surface area contributed by atoms with Crippen LogP contribution in [0.1, 0.15) is 37.3 Å². The molecule has 0 aliphatic carbocycles. The zero-order valence-electron chi connectivity index (χ0n) is 16.0. The van der Waals surface area contributed by atoms with Crippen LogP contribution in [0.15, 0.2) is 54.6 Å². The number of nitrogens with one attached hydrogen (secondary N) is 1. The Morgan fingerprint density at radius 3 is 2.46 bits per heavy atom. The molecule has 0 radical (unpaired) electrons. The summed E-state index contributed by atoms with van der Waals surface area (Å²) in [5, 5.41) is 3.46. The van der Waals surface area contributed by atoms with Crippen LogP contribution in [0.25, 0.3) is 16.3 Å². The molecule has 1 amide bonds. The fraction of sp³-hybridized carbons (Fsp3) is 0.227. The number of para-hydroxylation sites is 1. The summed E-state index contributed by atoms with van der Waals surface area (Å²) in [7, 11) is 0. The van der Waals surface area contributed by atoms with E-state index in [0.717, 1.165) is 10.2 Å². The molecule has 6 heteroatoms. The van der Waals surface area contributed by atoms with Gasteiger partial charge in [-0.25, -0.2) is 9.78 Å². The van der Waals surface area contributed by atoms with Gasteiger partial charge in [-0.15, -0.1) is 11.3 Å². The first-order valence-corrected chi connectivity index (χ1v) is 9.89. The first-order chi connectivity index (χ1) is 13.4. The lowest BCUT2D eigenvalue weighted by molar-refractivity contribution is -0.148. The highest BCUT2D eigenvalue weighted by Gasteiger charge is 2.17. The highest BCUT2D eigenvalue weighted by molar-refractivity contribution is 7.19. The number of rotatable bonds is 6. The Morgan fingerprint density at radius 2 is 1.79 bits per heavy atom. The topological polar surface area (TPSA) is 68.3 Å². The van der Waals surface area contributed by atoms with E-state index in [1.807, 2.05) is 48.5 Å². The number of ether oxygens (including phenoxy) is 1.